The van der Waals surface area contributed by atoms with Crippen molar-refractivity contribution in [2.45, 2.75) is 38.2 Å². The third-order valence-electron chi connectivity index (χ3n) is 4.07. The van der Waals surface area contributed by atoms with Crippen molar-refractivity contribution in [3.63, 3.8) is 0 Å². The Morgan fingerprint density at radius 2 is 2.11 bits per heavy atom. The number of aliphatic hydroxyl groups excluding tert-OH is 1. The van der Waals surface area contributed by atoms with Gasteiger partial charge in [0, 0.05) is 12.0 Å². The van der Waals surface area contributed by atoms with Gasteiger partial charge in [-0.2, -0.15) is 0 Å². The number of hydrogen-bond donors (Lipinski definition) is 2. The van der Waals surface area contributed by atoms with Crippen LogP contribution in [-0.2, 0) is 6.42 Å². The Bertz CT molecular complexity index is 424. The van der Waals surface area contributed by atoms with Crippen LogP contribution in [0.1, 0.15) is 31.2 Å². The summed E-state index contributed by atoms with van der Waals surface area (Å²) in [5.41, 5.74) is 5.59. The molecule has 0 radical (unpaired) electrons. The smallest absolute Gasteiger partial charge is 0.126 e. The van der Waals surface area contributed by atoms with E-state index < -0.39 is 23.2 Å². The van der Waals surface area contributed by atoms with Crippen LogP contribution in [0.5, 0.6) is 0 Å². The molecule has 0 amide bonds. The van der Waals surface area contributed by atoms with Gasteiger partial charge in [-0.25, -0.2) is 8.78 Å². The highest BCUT2D eigenvalue weighted by atomic mass is 19.1. The van der Waals surface area contributed by atoms with Crippen molar-refractivity contribution in [2.75, 3.05) is 6.54 Å². The van der Waals surface area contributed by atoms with Gasteiger partial charge in [0.1, 0.15) is 11.6 Å². The molecular weight excluding hydrogens is 236 g/mol. The number of aliphatic hydroxyl groups is 1. The summed E-state index contributed by atoms with van der Waals surface area (Å²) in [5, 5.41) is 10.1. The fraction of sp³-hybridized carbons (Fsp3) is 0.571. The van der Waals surface area contributed by atoms with E-state index in [2.05, 4.69) is 0 Å². The van der Waals surface area contributed by atoms with E-state index in [9.17, 15) is 13.9 Å². The highest BCUT2D eigenvalue weighted by molar-refractivity contribution is 5.21. The van der Waals surface area contributed by atoms with Gasteiger partial charge in [-0.3, -0.25) is 0 Å². The molecule has 4 heteroatoms. The first kappa shape index (κ1) is 13.4. The molecule has 0 aromatic heterocycles. The zero-order valence-electron chi connectivity index (χ0n) is 10.3. The van der Waals surface area contributed by atoms with Gasteiger partial charge in [-0.15, -0.1) is 0 Å². The predicted octanol–water partition coefficient (Wildman–Crippen LogP) is 2.39. The van der Waals surface area contributed by atoms with Gasteiger partial charge in [0.25, 0.3) is 0 Å². The summed E-state index contributed by atoms with van der Waals surface area (Å²) < 4.78 is 26.8. The molecule has 18 heavy (non-hydrogen) atoms. The third-order valence-corrected chi connectivity index (χ3v) is 4.07. The lowest BCUT2D eigenvalue weighted by atomic mass is 9.68. The SMILES string of the molecule is NCC1(Cc2cc(F)ccc2F)CCCCC1O. The minimum absolute atomic E-state index is 0.296. The first-order chi connectivity index (χ1) is 8.57. The Morgan fingerprint density at radius 1 is 1.33 bits per heavy atom. The largest absolute Gasteiger partial charge is 0.392 e. The fourth-order valence-corrected chi connectivity index (χ4v) is 2.86. The summed E-state index contributed by atoms with van der Waals surface area (Å²) in [7, 11) is 0. The van der Waals surface area contributed by atoms with Gasteiger partial charge in [0.2, 0.25) is 0 Å². The number of rotatable bonds is 3. The lowest BCUT2D eigenvalue weighted by Gasteiger charge is -2.41. The monoisotopic (exact) mass is 255 g/mol. The second-order valence-corrected chi connectivity index (χ2v) is 5.24. The van der Waals surface area contributed by atoms with Gasteiger partial charge < -0.3 is 10.8 Å². The minimum Gasteiger partial charge on any atom is -0.392 e. The quantitative estimate of drug-likeness (QED) is 0.871. The van der Waals surface area contributed by atoms with E-state index in [1.165, 1.54) is 6.07 Å². The van der Waals surface area contributed by atoms with Crippen molar-refractivity contribution in [1.29, 1.82) is 0 Å². The van der Waals surface area contributed by atoms with Crippen LogP contribution in [0.15, 0.2) is 18.2 Å². The second kappa shape index (κ2) is 5.33. The highest BCUT2D eigenvalue weighted by Gasteiger charge is 2.39. The lowest BCUT2D eigenvalue weighted by Crippen LogP contribution is -2.46. The summed E-state index contributed by atoms with van der Waals surface area (Å²) >= 11 is 0. The molecule has 1 aliphatic carbocycles. The van der Waals surface area contributed by atoms with Crippen LogP contribution in [0.4, 0.5) is 8.78 Å². The molecule has 0 aliphatic heterocycles. The summed E-state index contributed by atoms with van der Waals surface area (Å²) in [6.07, 6.45) is 3.17. The van der Waals surface area contributed by atoms with Crippen LogP contribution in [0.2, 0.25) is 0 Å². The number of halogens is 2. The second-order valence-electron chi connectivity index (χ2n) is 5.24. The van der Waals surface area contributed by atoms with Crippen LogP contribution in [0.25, 0.3) is 0 Å². The Balaban J connectivity index is 2.26. The van der Waals surface area contributed by atoms with Crippen LogP contribution in [0, 0.1) is 17.0 Å². The maximum Gasteiger partial charge on any atom is 0.126 e. The first-order valence-corrected chi connectivity index (χ1v) is 6.39. The van der Waals surface area contributed by atoms with Gasteiger partial charge >= 0.3 is 0 Å². The highest BCUT2D eigenvalue weighted by Crippen LogP contribution is 2.39. The molecule has 2 nitrogen and oxygen atoms in total. The Hall–Kier alpha value is -1.00. The Labute approximate surface area is 106 Å². The van der Waals surface area contributed by atoms with Gasteiger partial charge in [-0.1, -0.05) is 12.8 Å². The van der Waals surface area contributed by atoms with Crippen LogP contribution >= 0.6 is 0 Å². The number of hydrogen-bond acceptors (Lipinski definition) is 2. The van der Waals surface area contributed by atoms with E-state index in [0.717, 1.165) is 31.4 Å². The molecule has 2 unspecified atom stereocenters. The average Bonchev–Trinajstić information content (AvgIpc) is 2.37. The average molecular weight is 255 g/mol. The third kappa shape index (κ3) is 2.54. The molecule has 0 spiro atoms. The summed E-state index contributed by atoms with van der Waals surface area (Å²) in [4.78, 5) is 0. The molecule has 0 saturated heterocycles. The van der Waals surface area contributed by atoms with Crippen LogP contribution in [0.3, 0.4) is 0 Å². The van der Waals surface area contributed by atoms with Gasteiger partial charge in [-0.05, 0) is 43.0 Å². The summed E-state index contributed by atoms with van der Waals surface area (Å²) in [6.45, 7) is 0.296. The van der Waals surface area contributed by atoms with Crippen molar-refractivity contribution in [1.82, 2.24) is 0 Å². The zero-order chi connectivity index (χ0) is 13.2. The normalized spacial score (nSPS) is 28.3. The molecule has 100 valence electrons. The molecule has 1 fully saturated rings. The fourth-order valence-electron chi connectivity index (χ4n) is 2.86. The Kier molecular flexibility index (Phi) is 3.97. The molecule has 1 aromatic carbocycles. The maximum absolute atomic E-state index is 13.7. The number of benzene rings is 1. The molecule has 2 atom stereocenters. The molecule has 3 N–H and O–H groups in total. The minimum atomic E-state index is -0.529. The topological polar surface area (TPSA) is 46.2 Å². The van der Waals surface area contributed by atoms with Crippen molar-refractivity contribution >= 4 is 0 Å². The molecule has 0 bridgehead atoms. The van der Waals surface area contributed by atoms with Crippen molar-refractivity contribution in [2.24, 2.45) is 11.1 Å². The van der Waals surface area contributed by atoms with E-state index in [1.54, 1.807) is 0 Å². The van der Waals surface area contributed by atoms with Crippen molar-refractivity contribution in [3.8, 4) is 0 Å². The van der Waals surface area contributed by atoms with Crippen LogP contribution in [-0.4, -0.2) is 17.8 Å². The standard InChI is InChI=1S/C14H19F2NO/c15-11-4-5-12(16)10(7-11)8-14(9-17)6-2-1-3-13(14)18/h4-5,7,13,18H,1-3,6,8-9,17H2. The van der Waals surface area contributed by atoms with E-state index >= 15 is 0 Å². The first-order valence-electron chi connectivity index (χ1n) is 6.39. The van der Waals surface area contributed by atoms with Crippen LogP contribution < -0.4 is 5.73 Å². The molecule has 0 heterocycles. The van der Waals surface area contributed by atoms with Crippen molar-refractivity contribution < 1.29 is 13.9 Å². The van der Waals surface area contributed by atoms with E-state index in [0.29, 0.717) is 24.9 Å². The van der Waals surface area contributed by atoms with Crippen molar-refractivity contribution in [3.05, 3.63) is 35.4 Å². The molecule has 1 aliphatic rings. The van der Waals surface area contributed by atoms with Gasteiger partial charge in [0.15, 0.2) is 0 Å². The molecule has 1 aromatic rings. The maximum atomic E-state index is 13.7. The predicted molar refractivity (Wildman–Crippen MR) is 66.0 cm³/mol. The molecule has 2 rings (SSSR count). The van der Waals surface area contributed by atoms with E-state index in [4.69, 9.17) is 5.73 Å². The zero-order valence-corrected chi connectivity index (χ0v) is 10.3. The number of nitrogens with two attached hydrogens (primary N) is 1. The Morgan fingerprint density at radius 3 is 2.78 bits per heavy atom. The lowest BCUT2D eigenvalue weighted by molar-refractivity contribution is -0.00635. The van der Waals surface area contributed by atoms with E-state index in [1.807, 2.05) is 0 Å². The molecule has 1 saturated carbocycles. The molecular formula is C14H19F2NO. The van der Waals surface area contributed by atoms with Gasteiger partial charge in [0.05, 0.1) is 6.10 Å². The van der Waals surface area contributed by atoms with E-state index in [-0.39, 0.29) is 0 Å². The summed E-state index contributed by atoms with van der Waals surface area (Å²) in [5.74, 6) is -0.883. The summed E-state index contributed by atoms with van der Waals surface area (Å²) in [6, 6.07) is 3.43.